The zero-order valence-corrected chi connectivity index (χ0v) is 13.5. The summed E-state index contributed by atoms with van der Waals surface area (Å²) in [6.45, 7) is 3.47. The molecule has 21 heavy (non-hydrogen) atoms. The Bertz CT molecular complexity index is 510. The average Bonchev–Trinajstić information content (AvgIpc) is 3.35. The molecule has 0 radical (unpaired) electrons. The van der Waals surface area contributed by atoms with Crippen molar-refractivity contribution in [2.45, 2.75) is 32.2 Å². The predicted octanol–water partition coefficient (Wildman–Crippen LogP) is 2.95. The lowest BCUT2D eigenvalue weighted by atomic mass is 10.1. The zero-order valence-electron chi connectivity index (χ0n) is 12.7. The molecule has 0 bridgehead atoms. The van der Waals surface area contributed by atoms with E-state index in [2.05, 4.69) is 17.0 Å². The summed E-state index contributed by atoms with van der Waals surface area (Å²) in [6, 6.07) is 6.21. The molecule has 4 heteroatoms. The minimum Gasteiger partial charge on any atom is -0.496 e. The molecule has 0 heterocycles. The van der Waals surface area contributed by atoms with Gasteiger partial charge >= 0.3 is 0 Å². The summed E-state index contributed by atoms with van der Waals surface area (Å²) >= 11 is 5.13. The zero-order chi connectivity index (χ0) is 14.8. The standard InChI is InChI=1S/C17H24N2OS/c1-20-16-7-6-14(8-15(16)17(18)21)11-19(9-12-2-3-12)10-13-4-5-13/h6-8,12-13H,2-5,9-11H2,1H3,(H2,18,21). The van der Waals surface area contributed by atoms with Crippen LogP contribution in [0.3, 0.4) is 0 Å². The Kier molecular flexibility index (Phi) is 4.45. The van der Waals surface area contributed by atoms with Gasteiger partial charge in [0.1, 0.15) is 10.7 Å². The first-order valence-corrected chi connectivity index (χ1v) is 8.25. The molecule has 0 unspecified atom stereocenters. The van der Waals surface area contributed by atoms with Crippen molar-refractivity contribution >= 4 is 17.2 Å². The first-order valence-electron chi connectivity index (χ1n) is 7.84. The van der Waals surface area contributed by atoms with Crippen LogP contribution >= 0.6 is 12.2 Å². The number of nitrogens with two attached hydrogens (primary N) is 1. The fourth-order valence-corrected chi connectivity index (χ4v) is 3.00. The summed E-state index contributed by atoms with van der Waals surface area (Å²) in [5, 5.41) is 0. The minimum absolute atomic E-state index is 0.407. The summed E-state index contributed by atoms with van der Waals surface area (Å²) in [6.07, 6.45) is 5.62. The van der Waals surface area contributed by atoms with Crippen LogP contribution in [0.2, 0.25) is 0 Å². The Morgan fingerprint density at radius 2 is 1.86 bits per heavy atom. The van der Waals surface area contributed by atoms with Gasteiger partial charge in [0.2, 0.25) is 0 Å². The van der Waals surface area contributed by atoms with Gasteiger partial charge in [-0.1, -0.05) is 18.3 Å². The van der Waals surface area contributed by atoms with E-state index in [0.29, 0.717) is 4.99 Å². The monoisotopic (exact) mass is 304 g/mol. The molecule has 3 nitrogen and oxygen atoms in total. The van der Waals surface area contributed by atoms with Crippen LogP contribution in [0.1, 0.15) is 36.8 Å². The van der Waals surface area contributed by atoms with E-state index in [1.807, 2.05) is 6.07 Å². The van der Waals surface area contributed by atoms with Gasteiger partial charge in [-0.05, 0) is 55.2 Å². The molecule has 0 atom stereocenters. The molecule has 1 aromatic carbocycles. The van der Waals surface area contributed by atoms with Gasteiger partial charge < -0.3 is 10.5 Å². The van der Waals surface area contributed by atoms with Crippen LogP contribution in [0.5, 0.6) is 5.75 Å². The number of hydrogen-bond acceptors (Lipinski definition) is 3. The lowest BCUT2D eigenvalue weighted by molar-refractivity contribution is 0.244. The van der Waals surface area contributed by atoms with Crippen molar-refractivity contribution in [1.29, 1.82) is 0 Å². The summed E-state index contributed by atoms with van der Waals surface area (Å²) < 4.78 is 5.33. The van der Waals surface area contributed by atoms with Crippen molar-refractivity contribution < 1.29 is 4.74 Å². The number of hydrogen-bond donors (Lipinski definition) is 1. The van der Waals surface area contributed by atoms with E-state index in [1.54, 1.807) is 7.11 Å². The number of ether oxygens (including phenoxy) is 1. The van der Waals surface area contributed by atoms with Gasteiger partial charge in [-0.2, -0.15) is 0 Å². The highest BCUT2D eigenvalue weighted by Crippen LogP contribution is 2.34. The highest BCUT2D eigenvalue weighted by molar-refractivity contribution is 7.80. The Balaban J connectivity index is 1.71. The summed E-state index contributed by atoms with van der Waals surface area (Å²) in [7, 11) is 1.66. The maximum absolute atomic E-state index is 5.81. The van der Waals surface area contributed by atoms with Crippen LogP contribution in [-0.4, -0.2) is 30.1 Å². The lowest BCUT2D eigenvalue weighted by Gasteiger charge is -2.23. The molecule has 0 aromatic heterocycles. The summed E-state index contributed by atoms with van der Waals surface area (Å²) in [4.78, 5) is 3.02. The van der Waals surface area contributed by atoms with Crippen LogP contribution in [-0.2, 0) is 6.54 Å². The highest BCUT2D eigenvalue weighted by atomic mass is 32.1. The van der Waals surface area contributed by atoms with E-state index in [-0.39, 0.29) is 0 Å². The molecule has 0 saturated heterocycles. The van der Waals surface area contributed by atoms with Gasteiger partial charge in [0.15, 0.2) is 0 Å². The fraction of sp³-hybridized carbons (Fsp3) is 0.588. The van der Waals surface area contributed by atoms with Gasteiger partial charge in [0, 0.05) is 19.6 Å². The van der Waals surface area contributed by atoms with Gasteiger partial charge in [-0.3, -0.25) is 4.90 Å². The van der Waals surface area contributed by atoms with Crippen molar-refractivity contribution in [3.63, 3.8) is 0 Å². The van der Waals surface area contributed by atoms with E-state index in [4.69, 9.17) is 22.7 Å². The van der Waals surface area contributed by atoms with Crippen molar-refractivity contribution in [3.8, 4) is 5.75 Å². The second kappa shape index (κ2) is 6.32. The van der Waals surface area contributed by atoms with Crippen LogP contribution in [0, 0.1) is 11.8 Å². The van der Waals surface area contributed by atoms with E-state index >= 15 is 0 Å². The Labute approximate surface area is 132 Å². The third-order valence-electron chi connectivity index (χ3n) is 4.36. The molecule has 0 amide bonds. The number of benzene rings is 1. The third-order valence-corrected chi connectivity index (χ3v) is 4.58. The van der Waals surface area contributed by atoms with Crippen molar-refractivity contribution in [2.24, 2.45) is 17.6 Å². The maximum atomic E-state index is 5.81. The van der Waals surface area contributed by atoms with Gasteiger partial charge in [-0.25, -0.2) is 0 Å². The van der Waals surface area contributed by atoms with Crippen LogP contribution < -0.4 is 10.5 Å². The Morgan fingerprint density at radius 3 is 2.33 bits per heavy atom. The van der Waals surface area contributed by atoms with Crippen molar-refractivity contribution in [3.05, 3.63) is 29.3 Å². The van der Waals surface area contributed by atoms with E-state index in [1.165, 1.54) is 44.3 Å². The molecule has 3 rings (SSSR count). The smallest absolute Gasteiger partial charge is 0.129 e. The molecule has 2 N–H and O–H groups in total. The minimum atomic E-state index is 0.407. The Hall–Kier alpha value is -1.13. The van der Waals surface area contributed by atoms with E-state index in [0.717, 1.165) is 29.7 Å². The van der Waals surface area contributed by atoms with Gasteiger partial charge in [0.25, 0.3) is 0 Å². The molecule has 0 spiro atoms. The molecule has 0 aliphatic heterocycles. The van der Waals surface area contributed by atoms with Gasteiger partial charge in [-0.15, -0.1) is 0 Å². The second-order valence-corrected chi connectivity index (χ2v) is 6.92. The normalized spacial score (nSPS) is 18.0. The second-order valence-electron chi connectivity index (χ2n) is 6.48. The molecule has 2 fully saturated rings. The van der Waals surface area contributed by atoms with Gasteiger partial charge in [0.05, 0.1) is 12.7 Å². The van der Waals surface area contributed by atoms with Crippen LogP contribution in [0.25, 0.3) is 0 Å². The third kappa shape index (κ3) is 4.17. The molecule has 114 valence electrons. The lowest BCUT2D eigenvalue weighted by Crippen LogP contribution is -2.28. The topological polar surface area (TPSA) is 38.5 Å². The summed E-state index contributed by atoms with van der Waals surface area (Å²) in [5.41, 5.74) is 7.94. The van der Waals surface area contributed by atoms with Crippen molar-refractivity contribution in [1.82, 2.24) is 4.90 Å². The SMILES string of the molecule is COc1ccc(CN(CC2CC2)CC2CC2)cc1C(N)=S. The largest absolute Gasteiger partial charge is 0.496 e. The first kappa shape index (κ1) is 14.8. The van der Waals surface area contributed by atoms with Crippen molar-refractivity contribution in [2.75, 3.05) is 20.2 Å². The van der Waals surface area contributed by atoms with E-state index in [9.17, 15) is 0 Å². The van der Waals surface area contributed by atoms with Crippen LogP contribution in [0.4, 0.5) is 0 Å². The quantitative estimate of drug-likeness (QED) is 0.750. The predicted molar refractivity (Wildman–Crippen MR) is 89.6 cm³/mol. The van der Waals surface area contributed by atoms with Crippen LogP contribution in [0.15, 0.2) is 18.2 Å². The highest BCUT2D eigenvalue weighted by Gasteiger charge is 2.29. The maximum Gasteiger partial charge on any atom is 0.129 e. The number of methoxy groups -OCH3 is 1. The summed E-state index contributed by atoms with van der Waals surface area (Å²) in [5.74, 6) is 2.62. The van der Waals surface area contributed by atoms with E-state index < -0.39 is 0 Å². The number of thiocarbonyl (C=S) groups is 1. The molecule has 2 aliphatic carbocycles. The number of rotatable bonds is 8. The molecule has 2 aliphatic rings. The first-order chi connectivity index (χ1) is 10.2. The molecule has 2 saturated carbocycles. The average molecular weight is 304 g/mol. The fourth-order valence-electron chi connectivity index (χ4n) is 2.84. The molecular weight excluding hydrogens is 280 g/mol. The number of nitrogens with zero attached hydrogens (tertiary/aromatic N) is 1. The molecular formula is C17H24N2OS. The molecule has 1 aromatic rings. The Morgan fingerprint density at radius 1 is 1.24 bits per heavy atom.